The van der Waals surface area contributed by atoms with Crippen LogP contribution in [0, 0.1) is 0 Å². The summed E-state index contributed by atoms with van der Waals surface area (Å²) in [6.45, 7) is 6.51. The van der Waals surface area contributed by atoms with Gasteiger partial charge in [-0.3, -0.25) is 0 Å². The lowest BCUT2D eigenvalue weighted by molar-refractivity contribution is 0.204. The topological polar surface area (TPSA) is 180 Å². The summed E-state index contributed by atoms with van der Waals surface area (Å²) in [5.41, 5.74) is 0. The first-order valence-corrected chi connectivity index (χ1v) is 8.12. The largest absolute Gasteiger partial charge is 0.490 e. The Hall–Kier alpha value is -0.310. The van der Waals surface area contributed by atoms with Crippen molar-refractivity contribution in [3.63, 3.8) is 0 Å². The lowest BCUT2D eigenvalue weighted by Gasteiger charge is -2.11. The summed E-state index contributed by atoms with van der Waals surface area (Å²) in [4.78, 5) is 40.2. The van der Waals surface area contributed by atoms with Gasteiger partial charge in [0.15, 0.2) is 0 Å². The molecule has 0 aliphatic heterocycles. The maximum atomic E-state index is 10.4. The average molecular weight is 328 g/mol. The van der Waals surface area contributed by atoms with Crippen LogP contribution < -0.4 is 0 Å². The van der Waals surface area contributed by atoms with E-state index in [-0.39, 0.29) is 0 Å². The van der Waals surface area contributed by atoms with Gasteiger partial charge in [0.2, 0.25) is 0 Å². The second kappa shape index (κ2) is 7.98. The van der Waals surface area contributed by atoms with Crippen molar-refractivity contribution in [3.8, 4) is 0 Å². The lowest BCUT2D eigenvalue weighted by atomic mass is 11.1. The Bertz CT molecular complexity index is 369. The van der Waals surface area contributed by atoms with Gasteiger partial charge in [0.05, 0.1) is 12.5 Å². The molecule has 5 N–H and O–H groups in total. The van der Waals surface area contributed by atoms with Crippen molar-refractivity contribution in [1.29, 1.82) is 0 Å². The molecule has 18 heavy (non-hydrogen) atoms. The second-order valence-corrected chi connectivity index (χ2v) is 6.29. The summed E-state index contributed by atoms with van der Waals surface area (Å²) >= 11 is 0. The van der Waals surface area contributed by atoms with Gasteiger partial charge in [-0.15, -0.1) is 0 Å². The third-order valence-corrected chi connectivity index (χ3v) is 3.96. The molecule has 14 heteroatoms. The van der Waals surface area contributed by atoms with Crippen LogP contribution in [0.5, 0.6) is 0 Å². The number of hydrogen-bond acceptors (Lipinski definition) is 6. The fraction of sp³-hybridized carbons (Fsp3) is 0. The molecular formula is C4H11O11P3. The molecular weight excluding hydrogens is 317 g/mol. The van der Waals surface area contributed by atoms with Crippen molar-refractivity contribution in [2.45, 2.75) is 0 Å². The fourth-order valence-electron chi connectivity index (χ4n) is 0.352. The molecule has 0 unspecified atom stereocenters. The summed E-state index contributed by atoms with van der Waals surface area (Å²) in [6, 6.07) is 0. The SMILES string of the molecule is C=COC=C.O=P(O)(O)OP(=O)(O)OP(=O)(O)O. The van der Waals surface area contributed by atoms with Crippen molar-refractivity contribution >= 4 is 23.5 Å². The molecule has 0 saturated carbocycles. The van der Waals surface area contributed by atoms with Gasteiger partial charge in [0, 0.05) is 0 Å². The molecule has 0 aromatic carbocycles. The normalized spacial score (nSPS) is 12.1. The molecule has 0 aromatic heterocycles. The molecule has 0 aliphatic carbocycles. The summed E-state index contributed by atoms with van der Waals surface area (Å²) in [6.07, 6.45) is 2.62. The molecule has 0 fully saturated rings. The van der Waals surface area contributed by atoms with Gasteiger partial charge < -0.3 is 29.2 Å². The molecule has 0 radical (unpaired) electrons. The molecule has 0 aliphatic rings. The quantitative estimate of drug-likeness (QED) is 0.340. The van der Waals surface area contributed by atoms with Crippen LogP contribution in [0.15, 0.2) is 25.7 Å². The minimum Gasteiger partial charge on any atom is -0.474 e. The van der Waals surface area contributed by atoms with E-state index in [1.165, 1.54) is 12.5 Å². The van der Waals surface area contributed by atoms with Crippen LogP contribution in [0.1, 0.15) is 0 Å². The third kappa shape index (κ3) is 18.1. The van der Waals surface area contributed by atoms with Gasteiger partial charge >= 0.3 is 23.5 Å². The Morgan fingerprint density at radius 2 is 1.06 bits per heavy atom. The maximum absolute atomic E-state index is 10.4. The van der Waals surface area contributed by atoms with E-state index < -0.39 is 23.5 Å². The van der Waals surface area contributed by atoms with E-state index in [1.54, 1.807) is 0 Å². The highest BCUT2D eigenvalue weighted by Gasteiger charge is 2.38. The zero-order chi connectivity index (χ0) is 15.0. The monoisotopic (exact) mass is 328 g/mol. The van der Waals surface area contributed by atoms with E-state index in [0.29, 0.717) is 0 Å². The third-order valence-electron chi connectivity index (χ3n) is 0.612. The Balaban J connectivity index is 0. The van der Waals surface area contributed by atoms with E-state index in [2.05, 4.69) is 26.5 Å². The smallest absolute Gasteiger partial charge is 0.474 e. The molecule has 0 rings (SSSR count). The first-order valence-electron chi connectivity index (χ1n) is 3.57. The van der Waals surface area contributed by atoms with Crippen LogP contribution in [0.2, 0.25) is 0 Å². The van der Waals surface area contributed by atoms with Crippen LogP contribution in [0.3, 0.4) is 0 Å². The summed E-state index contributed by atoms with van der Waals surface area (Å²) < 4.78 is 40.7. The predicted molar refractivity (Wildman–Crippen MR) is 57.6 cm³/mol. The van der Waals surface area contributed by atoms with Gasteiger partial charge in [-0.1, -0.05) is 13.2 Å². The Morgan fingerprint density at radius 1 is 0.778 bits per heavy atom. The second-order valence-electron chi connectivity index (χ2n) is 2.08. The highest BCUT2D eigenvalue weighted by molar-refractivity contribution is 7.66. The zero-order valence-corrected chi connectivity index (χ0v) is 11.3. The number of ether oxygens (including phenoxy) is 1. The van der Waals surface area contributed by atoms with Crippen molar-refractivity contribution in [3.05, 3.63) is 25.7 Å². The molecule has 11 nitrogen and oxygen atoms in total. The van der Waals surface area contributed by atoms with Crippen LogP contribution in [-0.2, 0) is 27.1 Å². The summed E-state index contributed by atoms with van der Waals surface area (Å²) in [5, 5.41) is 0. The van der Waals surface area contributed by atoms with Gasteiger partial charge in [-0.05, 0) is 0 Å². The molecule has 0 amide bonds. The molecule has 0 bridgehead atoms. The van der Waals surface area contributed by atoms with Crippen LogP contribution in [-0.4, -0.2) is 24.5 Å². The maximum Gasteiger partial charge on any atom is 0.490 e. The molecule has 0 spiro atoms. The minimum absolute atomic E-state index is 1.31. The Labute approximate surface area is 101 Å². The highest BCUT2D eigenvalue weighted by atomic mass is 31.3. The van der Waals surface area contributed by atoms with Gasteiger partial charge in [0.1, 0.15) is 0 Å². The van der Waals surface area contributed by atoms with Crippen LogP contribution in [0.25, 0.3) is 0 Å². The van der Waals surface area contributed by atoms with Crippen molar-refractivity contribution in [2.75, 3.05) is 0 Å². The van der Waals surface area contributed by atoms with E-state index in [0.717, 1.165) is 0 Å². The first kappa shape index (κ1) is 20.0. The molecule has 0 saturated heterocycles. The van der Waals surface area contributed by atoms with E-state index >= 15 is 0 Å². The summed E-state index contributed by atoms with van der Waals surface area (Å²) in [7, 11) is -16.2. The molecule has 0 heterocycles. The number of rotatable bonds is 6. The van der Waals surface area contributed by atoms with E-state index in [1.807, 2.05) is 0 Å². The zero-order valence-electron chi connectivity index (χ0n) is 8.60. The standard InChI is InChI=1S/C4H6O.H5O10P3/c1-3-5-4-2;1-11(2,3)9-13(7,8)10-12(4,5)6/h3-4H,1-2H2;(H,7,8)(H2,1,2,3)(H2,4,5,6). The van der Waals surface area contributed by atoms with Gasteiger partial charge in [-0.25, -0.2) is 13.7 Å². The minimum atomic E-state index is -5.46. The Morgan fingerprint density at radius 3 is 1.17 bits per heavy atom. The van der Waals surface area contributed by atoms with Gasteiger partial charge in [-0.2, -0.15) is 8.62 Å². The van der Waals surface area contributed by atoms with Crippen LogP contribution in [0.4, 0.5) is 0 Å². The van der Waals surface area contributed by atoms with Crippen LogP contribution >= 0.6 is 23.5 Å². The van der Waals surface area contributed by atoms with E-state index in [4.69, 9.17) is 24.5 Å². The van der Waals surface area contributed by atoms with Crippen molar-refractivity contribution < 1.29 is 51.5 Å². The van der Waals surface area contributed by atoms with E-state index in [9.17, 15) is 13.7 Å². The number of phosphoric acid groups is 3. The van der Waals surface area contributed by atoms with Gasteiger partial charge in [0.25, 0.3) is 0 Å². The lowest BCUT2D eigenvalue weighted by Crippen LogP contribution is -1.91. The fourth-order valence-corrected chi connectivity index (χ4v) is 2.89. The van der Waals surface area contributed by atoms with Crippen molar-refractivity contribution in [1.82, 2.24) is 0 Å². The average Bonchev–Trinajstić information content (AvgIpc) is 1.95. The molecule has 108 valence electrons. The first-order chi connectivity index (χ1) is 7.83. The predicted octanol–water partition coefficient (Wildman–Crippen LogP) is 0.595. The molecule has 0 atom stereocenters. The number of hydrogen-bond donors (Lipinski definition) is 5. The summed E-state index contributed by atoms with van der Waals surface area (Å²) in [5.74, 6) is 0. The highest BCUT2D eigenvalue weighted by Crippen LogP contribution is 2.64. The molecule has 0 aromatic rings. The van der Waals surface area contributed by atoms with Crippen molar-refractivity contribution in [2.24, 2.45) is 0 Å². The Kier molecular flexibility index (Phi) is 8.87.